The van der Waals surface area contributed by atoms with Crippen molar-refractivity contribution in [1.82, 2.24) is 0 Å². The molecule has 4 N–H and O–H groups in total. The Balaban J connectivity index is 2.46. The molecule has 0 atom stereocenters. The van der Waals surface area contributed by atoms with Gasteiger partial charge in [0.15, 0.2) is 0 Å². The second kappa shape index (κ2) is 4.86. The third-order valence-electron chi connectivity index (χ3n) is 2.50. The van der Waals surface area contributed by atoms with Gasteiger partial charge in [-0.15, -0.1) is 0 Å². The van der Waals surface area contributed by atoms with Crippen LogP contribution in [0.2, 0.25) is 0 Å². The Bertz CT molecular complexity index is 176. The third kappa shape index (κ3) is 4.00. The van der Waals surface area contributed by atoms with Gasteiger partial charge in [-0.25, -0.2) is 0 Å². The molecule has 0 unspecified atom stereocenters. The van der Waals surface area contributed by atoms with Crippen molar-refractivity contribution in [3.8, 4) is 0 Å². The molecule has 0 spiro atoms. The minimum Gasteiger partial charge on any atom is -0.360 e. The predicted molar refractivity (Wildman–Crippen MR) is 56.4 cm³/mol. The van der Waals surface area contributed by atoms with Gasteiger partial charge in [0.05, 0.1) is 4.87 Å². The monoisotopic (exact) mass is 202 g/mol. The third-order valence-corrected chi connectivity index (χ3v) is 3.52. The quantitative estimate of drug-likeness (QED) is 0.640. The lowest BCUT2D eigenvalue weighted by Crippen LogP contribution is -2.38. The molecule has 13 heavy (non-hydrogen) atoms. The number of amides is 1. The van der Waals surface area contributed by atoms with Crippen LogP contribution in [0.1, 0.15) is 44.9 Å². The first-order valence-corrected chi connectivity index (χ1v) is 5.71. The molecule has 0 aromatic heterocycles. The zero-order valence-corrected chi connectivity index (χ0v) is 8.74. The lowest BCUT2D eigenvalue weighted by atomic mass is 9.97. The standard InChI is InChI=1S/C9H18N2OS/c10-8(12)13-9(11)6-4-2-1-3-5-7-9/h1-7,11H2,(H2,10,12). The van der Waals surface area contributed by atoms with Gasteiger partial charge < -0.3 is 11.5 Å². The first-order chi connectivity index (χ1) is 6.12. The van der Waals surface area contributed by atoms with Crippen molar-refractivity contribution >= 4 is 17.0 Å². The first-order valence-electron chi connectivity index (χ1n) is 4.90. The number of rotatable bonds is 1. The van der Waals surface area contributed by atoms with E-state index in [0.717, 1.165) is 37.4 Å². The Morgan fingerprint density at radius 1 is 1.08 bits per heavy atom. The number of hydrogen-bond donors (Lipinski definition) is 2. The van der Waals surface area contributed by atoms with E-state index in [2.05, 4.69) is 0 Å². The number of primary amides is 1. The smallest absolute Gasteiger partial charge is 0.278 e. The minimum atomic E-state index is -0.383. The lowest BCUT2D eigenvalue weighted by Gasteiger charge is -2.29. The number of carbonyl (C=O) groups is 1. The van der Waals surface area contributed by atoms with Crippen LogP contribution >= 0.6 is 11.8 Å². The molecule has 1 aliphatic carbocycles. The average Bonchev–Trinajstić information content (AvgIpc) is 1.97. The van der Waals surface area contributed by atoms with Gasteiger partial charge in [-0.2, -0.15) is 0 Å². The predicted octanol–water partition coefficient (Wildman–Crippen LogP) is 2.20. The van der Waals surface area contributed by atoms with Crippen LogP contribution < -0.4 is 11.5 Å². The Labute approximate surface area is 83.6 Å². The molecule has 0 saturated heterocycles. The molecule has 3 nitrogen and oxygen atoms in total. The molecular formula is C9H18N2OS. The van der Waals surface area contributed by atoms with Crippen LogP contribution in [0.3, 0.4) is 0 Å². The molecule has 0 bridgehead atoms. The Morgan fingerprint density at radius 3 is 2.00 bits per heavy atom. The van der Waals surface area contributed by atoms with Crippen molar-refractivity contribution in [2.75, 3.05) is 0 Å². The molecule has 1 rings (SSSR count). The van der Waals surface area contributed by atoms with Gasteiger partial charge in [0.25, 0.3) is 5.24 Å². The van der Waals surface area contributed by atoms with Crippen molar-refractivity contribution in [2.24, 2.45) is 11.5 Å². The van der Waals surface area contributed by atoms with Gasteiger partial charge in [-0.05, 0) is 24.6 Å². The molecule has 0 aromatic rings. The highest BCUT2D eigenvalue weighted by Crippen LogP contribution is 2.33. The minimum absolute atomic E-state index is 0.344. The summed E-state index contributed by atoms with van der Waals surface area (Å²) in [5.74, 6) is 0. The van der Waals surface area contributed by atoms with Gasteiger partial charge in [-0.1, -0.05) is 32.1 Å². The molecule has 1 saturated carbocycles. The van der Waals surface area contributed by atoms with Crippen molar-refractivity contribution in [1.29, 1.82) is 0 Å². The van der Waals surface area contributed by atoms with Crippen molar-refractivity contribution in [3.05, 3.63) is 0 Å². The van der Waals surface area contributed by atoms with Crippen molar-refractivity contribution < 1.29 is 4.79 Å². The van der Waals surface area contributed by atoms with E-state index in [1.807, 2.05) is 0 Å². The van der Waals surface area contributed by atoms with Crippen LogP contribution in [0.15, 0.2) is 0 Å². The SMILES string of the molecule is NC(=O)SC1(N)CCCCCCC1. The topological polar surface area (TPSA) is 69.1 Å². The molecule has 1 aliphatic rings. The lowest BCUT2D eigenvalue weighted by molar-refractivity contribution is 0.266. The maximum absolute atomic E-state index is 10.8. The molecule has 4 heteroatoms. The van der Waals surface area contributed by atoms with Crippen LogP contribution in [0.25, 0.3) is 0 Å². The molecule has 0 aromatic carbocycles. The van der Waals surface area contributed by atoms with E-state index >= 15 is 0 Å². The maximum Gasteiger partial charge on any atom is 0.278 e. The second-order valence-corrected chi connectivity index (χ2v) is 5.17. The summed E-state index contributed by atoms with van der Waals surface area (Å²) in [5.41, 5.74) is 11.2. The molecular weight excluding hydrogens is 184 g/mol. The highest BCUT2D eigenvalue weighted by molar-refractivity contribution is 8.14. The maximum atomic E-state index is 10.8. The summed E-state index contributed by atoms with van der Waals surface area (Å²) in [6.07, 6.45) is 7.85. The van der Waals surface area contributed by atoms with Crippen molar-refractivity contribution in [2.45, 2.75) is 49.8 Å². The van der Waals surface area contributed by atoms with Crippen LogP contribution in [0.4, 0.5) is 4.79 Å². The number of hydrogen-bond acceptors (Lipinski definition) is 3. The molecule has 1 fully saturated rings. The Kier molecular flexibility index (Phi) is 4.06. The van der Waals surface area contributed by atoms with Crippen molar-refractivity contribution in [3.63, 3.8) is 0 Å². The summed E-state index contributed by atoms with van der Waals surface area (Å²) in [4.78, 5) is 10.4. The Hall–Kier alpha value is -0.220. The number of thioether (sulfide) groups is 1. The molecule has 0 aliphatic heterocycles. The fourth-order valence-corrected chi connectivity index (χ4v) is 2.70. The molecule has 76 valence electrons. The summed E-state index contributed by atoms with van der Waals surface area (Å²) in [6, 6.07) is 0. The van der Waals surface area contributed by atoms with E-state index < -0.39 is 0 Å². The number of carbonyl (C=O) groups excluding carboxylic acids is 1. The summed E-state index contributed by atoms with van der Waals surface area (Å²) < 4.78 is 0. The molecule has 0 heterocycles. The summed E-state index contributed by atoms with van der Waals surface area (Å²) >= 11 is 1.12. The Morgan fingerprint density at radius 2 is 1.54 bits per heavy atom. The number of nitrogens with two attached hydrogens (primary N) is 2. The zero-order chi connectivity index (χ0) is 9.73. The molecule has 1 amide bonds. The largest absolute Gasteiger partial charge is 0.360 e. The average molecular weight is 202 g/mol. The van der Waals surface area contributed by atoms with Crippen LogP contribution in [-0.4, -0.2) is 10.1 Å². The van der Waals surface area contributed by atoms with Crippen LogP contribution in [-0.2, 0) is 0 Å². The fraction of sp³-hybridized carbons (Fsp3) is 0.889. The van der Waals surface area contributed by atoms with E-state index in [-0.39, 0.29) is 10.1 Å². The highest BCUT2D eigenvalue weighted by Gasteiger charge is 2.28. The summed E-state index contributed by atoms with van der Waals surface area (Å²) in [6.45, 7) is 0. The van der Waals surface area contributed by atoms with Gasteiger partial charge in [0.1, 0.15) is 0 Å². The fourth-order valence-electron chi connectivity index (χ4n) is 1.81. The second-order valence-electron chi connectivity index (χ2n) is 3.75. The van der Waals surface area contributed by atoms with Gasteiger partial charge in [0, 0.05) is 0 Å². The summed E-state index contributed by atoms with van der Waals surface area (Å²) in [7, 11) is 0. The molecule has 0 radical (unpaired) electrons. The van der Waals surface area contributed by atoms with Crippen LogP contribution in [0.5, 0.6) is 0 Å². The normalized spacial score (nSPS) is 23.2. The van der Waals surface area contributed by atoms with E-state index in [1.165, 1.54) is 19.3 Å². The van der Waals surface area contributed by atoms with E-state index in [9.17, 15) is 4.79 Å². The van der Waals surface area contributed by atoms with E-state index in [0.29, 0.717) is 0 Å². The van der Waals surface area contributed by atoms with Gasteiger partial charge >= 0.3 is 0 Å². The van der Waals surface area contributed by atoms with E-state index in [1.54, 1.807) is 0 Å². The van der Waals surface area contributed by atoms with Gasteiger partial charge in [-0.3, -0.25) is 4.79 Å². The first kappa shape index (κ1) is 10.9. The van der Waals surface area contributed by atoms with E-state index in [4.69, 9.17) is 11.5 Å². The summed E-state index contributed by atoms with van der Waals surface area (Å²) in [5, 5.41) is -0.344. The highest BCUT2D eigenvalue weighted by atomic mass is 32.2. The van der Waals surface area contributed by atoms with Gasteiger partial charge in [0.2, 0.25) is 0 Å². The van der Waals surface area contributed by atoms with Crippen LogP contribution in [0, 0.1) is 0 Å². The zero-order valence-electron chi connectivity index (χ0n) is 7.92.